The Morgan fingerprint density at radius 1 is 1.40 bits per heavy atom. The van der Waals surface area contributed by atoms with E-state index in [1.54, 1.807) is 0 Å². The number of hydrogen-bond acceptors (Lipinski definition) is 3. The van der Waals surface area contributed by atoms with Crippen molar-refractivity contribution in [2.45, 2.75) is 52.1 Å². The van der Waals surface area contributed by atoms with Crippen molar-refractivity contribution in [1.82, 2.24) is 15.2 Å². The molecule has 110 valence electrons. The van der Waals surface area contributed by atoms with Crippen LogP contribution in [-0.4, -0.2) is 15.8 Å². The number of aromatic nitrogens is 2. The highest BCUT2D eigenvalue weighted by molar-refractivity contribution is 5.18. The zero-order valence-electron chi connectivity index (χ0n) is 12.5. The first kappa shape index (κ1) is 12.8. The van der Waals surface area contributed by atoms with Gasteiger partial charge in [-0.3, -0.25) is 16.0 Å². The fourth-order valence-corrected chi connectivity index (χ4v) is 5.50. The Kier molecular flexibility index (Phi) is 2.93. The summed E-state index contributed by atoms with van der Waals surface area (Å²) in [5.41, 5.74) is 5.59. The molecule has 0 aromatic carbocycles. The predicted molar refractivity (Wildman–Crippen MR) is 78.8 cm³/mol. The summed E-state index contributed by atoms with van der Waals surface area (Å²) >= 11 is 0. The van der Waals surface area contributed by atoms with Gasteiger partial charge in [-0.2, -0.15) is 5.10 Å². The van der Waals surface area contributed by atoms with Crippen LogP contribution in [-0.2, 0) is 13.0 Å². The first-order valence-corrected chi connectivity index (χ1v) is 8.22. The molecule has 1 aromatic rings. The number of nitrogens with one attached hydrogen (secondary N) is 1. The van der Waals surface area contributed by atoms with Crippen LogP contribution in [0.1, 0.15) is 37.6 Å². The minimum atomic E-state index is 0.440. The molecular weight excluding hydrogens is 248 g/mol. The molecule has 3 fully saturated rings. The van der Waals surface area contributed by atoms with Crippen LogP contribution in [0.4, 0.5) is 0 Å². The number of rotatable bonds is 5. The van der Waals surface area contributed by atoms with Crippen LogP contribution in [0.2, 0.25) is 0 Å². The standard InChI is InChI=1S/C16H26N4/c1-3-20-12(6-9(2)19-20)8-13(18-17)16-14-10-4-5-11(7-10)15(14)16/h6,10-11,13-16,18H,3-5,7-8,17H2,1-2H3. The van der Waals surface area contributed by atoms with Gasteiger partial charge in [0.25, 0.3) is 0 Å². The van der Waals surface area contributed by atoms with Crippen molar-refractivity contribution in [3.63, 3.8) is 0 Å². The van der Waals surface area contributed by atoms with Crippen LogP contribution in [0.5, 0.6) is 0 Å². The predicted octanol–water partition coefficient (Wildman–Crippen LogP) is 1.88. The number of hydrazine groups is 1. The highest BCUT2D eigenvalue weighted by Gasteiger charge is 2.66. The van der Waals surface area contributed by atoms with Gasteiger partial charge in [-0.1, -0.05) is 0 Å². The Morgan fingerprint density at radius 3 is 2.70 bits per heavy atom. The Labute approximate surface area is 121 Å². The molecule has 4 rings (SSSR count). The second kappa shape index (κ2) is 4.57. The Balaban J connectivity index is 1.50. The number of nitrogens with two attached hydrogens (primary N) is 1. The molecule has 0 aliphatic heterocycles. The summed E-state index contributed by atoms with van der Waals surface area (Å²) < 4.78 is 2.13. The van der Waals surface area contributed by atoms with E-state index in [1.165, 1.54) is 25.0 Å². The van der Waals surface area contributed by atoms with Gasteiger partial charge < -0.3 is 0 Å². The number of fused-ring (bicyclic) bond motifs is 5. The van der Waals surface area contributed by atoms with E-state index in [2.05, 4.69) is 35.1 Å². The lowest BCUT2D eigenvalue weighted by Crippen LogP contribution is -2.40. The minimum Gasteiger partial charge on any atom is -0.271 e. The van der Waals surface area contributed by atoms with Crippen LogP contribution in [0.3, 0.4) is 0 Å². The molecule has 1 heterocycles. The minimum absolute atomic E-state index is 0.440. The van der Waals surface area contributed by atoms with Crippen LogP contribution in [0.25, 0.3) is 0 Å². The van der Waals surface area contributed by atoms with E-state index in [4.69, 9.17) is 5.84 Å². The summed E-state index contributed by atoms with van der Waals surface area (Å²) in [6, 6.07) is 2.66. The van der Waals surface area contributed by atoms with Gasteiger partial charge >= 0.3 is 0 Å². The highest BCUT2D eigenvalue weighted by Crippen LogP contribution is 2.70. The molecule has 3 aliphatic carbocycles. The summed E-state index contributed by atoms with van der Waals surface area (Å²) in [5, 5.41) is 4.56. The normalized spacial score (nSPS) is 39.0. The van der Waals surface area contributed by atoms with Gasteiger partial charge in [-0.25, -0.2) is 0 Å². The third-order valence-corrected chi connectivity index (χ3v) is 6.19. The van der Waals surface area contributed by atoms with Gasteiger partial charge in [0, 0.05) is 24.7 Å². The fraction of sp³-hybridized carbons (Fsp3) is 0.812. The molecule has 0 radical (unpaired) electrons. The maximum Gasteiger partial charge on any atom is 0.0596 e. The number of aryl methyl sites for hydroxylation is 2. The molecule has 0 amide bonds. The Bertz CT molecular complexity index is 493. The van der Waals surface area contributed by atoms with Gasteiger partial charge in [0.15, 0.2) is 0 Å². The molecule has 4 nitrogen and oxygen atoms in total. The van der Waals surface area contributed by atoms with Crippen LogP contribution >= 0.6 is 0 Å². The fourth-order valence-electron chi connectivity index (χ4n) is 5.50. The summed E-state index contributed by atoms with van der Waals surface area (Å²) in [6.07, 6.45) is 5.49. The molecule has 3 N–H and O–H groups in total. The summed E-state index contributed by atoms with van der Waals surface area (Å²) in [5.74, 6) is 10.7. The van der Waals surface area contributed by atoms with E-state index in [-0.39, 0.29) is 0 Å². The molecule has 1 aromatic heterocycles. The lowest BCUT2D eigenvalue weighted by atomic mass is 9.95. The topological polar surface area (TPSA) is 55.9 Å². The lowest BCUT2D eigenvalue weighted by molar-refractivity contribution is 0.359. The molecule has 0 saturated heterocycles. The molecule has 5 atom stereocenters. The number of nitrogens with zero attached hydrogens (tertiary/aromatic N) is 2. The smallest absolute Gasteiger partial charge is 0.0596 e. The van der Waals surface area contributed by atoms with Crippen molar-refractivity contribution in [3.05, 3.63) is 17.5 Å². The third-order valence-electron chi connectivity index (χ3n) is 6.19. The lowest BCUT2D eigenvalue weighted by Gasteiger charge is -2.20. The van der Waals surface area contributed by atoms with Gasteiger partial charge in [0.05, 0.1) is 5.69 Å². The molecule has 0 spiro atoms. The quantitative estimate of drug-likeness (QED) is 0.637. The van der Waals surface area contributed by atoms with Crippen molar-refractivity contribution in [2.75, 3.05) is 0 Å². The zero-order chi connectivity index (χ0) is 13.9. The molecule has 2 bridgehead atoms. The van der Waals surface area contributed by atoms with Gasteiger partial charge in [-0.05, 0) is 68.8 Å². The first-order valence-electron chi connectivity index (χ1n) is 8.22. The molecule has 5 unspecified atom stereocenters. The molecule has 3 saturated carbocycles. The van der Waals surface area contributed by atoms with Crippen molar-refractivity contribution in [3.8, 4) is 0 Å². The van der Waals surface area contributed by atoms with E-state index >= 15 is 0 Å². The van der Waals surface area contributed by atoms with Crippen molar-refractivity contribution < 1.29 is 0 Å². The van der Waals surface area contributed by atoms with Crippen molar-refractivity contribution in [2.24, 2.45) is 35.4 Å². The largest absolute Gasteiger partial charge is 0.271 e. The average molecular weight is 274 g/mol. The highest BCUT2D eigenvalue weighted by atomic mass is 15.3. The van der Waals surface area contributed by atoms with E-state index < -0.39 is 0 Å². The van der Waals surface area contributed by atoms with E-state index in [0.29, 0.717) is 6.04 Å². The van der Waals surface area contributed by atoms with Gasteiger partial charge in [0.2, 0.25) is 0 Å². The molecule has 20 heavy (non-hydrogen) atoms. The second-order valence-electron chi connectivity index (χ2n) is 7.14. The van der Waals surface area contributed by atoms with Crippen LogP contribution in [0.15, 0.2) is 6.07 Å². The first-order chi connectivity index (χ1) is 9.72. The van der Waals surface area contributed by atoms with Crippen LogP contribution < -0.4 is 11.3 Å². The summed E-state index contributed by atoms with van der Waals surface area (Å²) in [4.78, 5) is 0. The van der Waals surface area contributed by atoms with Crippen LogP contribution in [0, 0.1) is 36.5 Å². The third kappa shape index (κ3) is 1.77. The van der Waals surface area contributed by atoms with E-state index in [1.807, 2.05) is 0 Å². The average Bonchev–Trinajstić information content (AvgIpc) is 2.78. The maximum absolute atomic E-state index is 5.89. The van der Waals surface area contributed by atoms with Gasteiger partial charge in [0.1, 0.15) is 0 Å². The zero-order valence-corrected chi connectivity index (χ0v) is 12.5. The molecular formula is C16H26N4. The molecule has 3 aliphatic rings. The summed E-state index contributed by atoms with van der Waals surface area (Å²) in [7, 11) is 0. The Morgan fingerprint density at radius 2 is 2.10 bits per heavy atom. The maximum atomic E-state index is 5.89. The van der Waals surface area contributed by atoms with E-state index in [9.17, 15) is 0 Å². The second-order valence-corrected chi connectivity index (χ2v) is 7.14. The van der Waals surface area contributed by atoms with Gasteiger partial charge in [-0.15, -0.1) is 0 Å². The van der Waals surface area contributed by atoms with E-state index in [0.717, 1.165) is 48.2 Å². The summed E-state index contributed by atoms with van der Waals surface area (Å²) in [6.45, 7) is 5.18. The van der Waals surface area contributed by atoms with Crippen molar-refractivity contribution >= 4 is 0 Å². The van der Waals surface area contributed by atoms with Crippen molar-refractivity contribution in [1.29, 1.82) is 0 Å². The SMILES string of the molecule is CCn1nc(C)cc1CC(NN)C1C2C3CCC(C3)C21. The monoisotopic (exact) mass is 274 g/mol. The molecule has 4 heteroatoms. The Hall–Kier alpha value is -0.870. The number of hydrogen-bond donors (Lipinski definition) is 2.